The van der Waals surface area contributed by atoms with Crippen molar-refractivity contribution in [3.05, 3.63) is 59.7 Å². The average molecular weight is 485 g/mol. The smallest absolute Gasteiger partial charge is 0.314 e. The monoisotopic (exact) mass is 484 g/mol. The van der Waals surface area contributed by atoms with Gasteiger partial charge in [-0.2, -0.15) is 0 Å². The predicted molar refractivity (Wildman–Crippen MR) is 134 cm³/mol. The van der Waals surface area contributed by atoms with Gasteiger partial charge in [0.15, 0.2) is 17.4 Å². The predicted octanol–water partition coefficient (Wildman–Crippen LogP) is 8.08. The minimum atomic E-state index is -0.855. The molecule has 4 rings (SSSR count). The highest BCUT2D eigenvalue weighted by atomic mass is 19.1. The van der Waals surface area contributed by atoms with Crippen LogP contribution in [-0.2, 0) is 4.79 Å². The van der Waals surface area contributed by atoms with E-state index < -0.39 is 17.4 Å². The van der Waals surface area contributed by atoms with Crippen molar-refractivity contribution in [2.24, 2.45) is 23.7 Å². The molecule has 2 saturated carbocycles. The van der Waals surface area contributed by atoms with Gasteiger partial charge in [0.05, 0.1) is 12.5 Å². The largest absolute Gasteiger partial charge is 0.488 e. The van der Waals surface area contributed by atoms with Gasteiger partial charge in [-0.15, -0.1) is 0 Å². The van der Waals surface area contributed by atoms with Crippen LogP contribution in [-0.4, -0.2) is 12.6 Å². The van der Waals surface area contributed by atoms with E-state index in [1.165, 1.54) is 37.7 Å². The first-order valence-electron chi connectivity index (χ1n) is 13.3. The number of halogens is 2. The van der Waals surface area contributed by atoms with Gasteiger partial charge in [0.1, 0.15) is 5.75 Å². The van der Waals surface area contributed by atoms with Gasteiger partial charge in [-0.25, -0.2) is 8.78 Å². The van der Waals surface area contributed by atoms with Crippen LogP contribution in [0.15, 0.2) is 42.5 Å². The van der Waals surface area contributed by atoms with E-state index in [0.29, 0.717) is 11.8 Å². The van der Waals surface area contributed by atoms with Gasteiger partial charge >= 0.3 is 5.97 Å². The maximum absolute atomic E-state index is 14.1. The number of hydrogen-bond donors (Lipinski definition) is 0. The van der Waals surface area contributed by atoms with Gasteiger partial charge in [-0.3, -0.25) is 4.79 Å². The molecule has 5 heteroatoms. The van der Waals surface area contributed by atoms with E-state index >= 15 is 0 Å². The Morgan fingerprint density at radius 2 is 1.49 bits per heavy atom. The van der Waals surface area contributed by atoms with Crippen LogP contribution in [0.1, 0.15) is 83.1 Å². The lowest BCUT2D eigenvalue weighted by Gasteiger charge is -2.38. The quantitative estimate of drug-likeness (QED) is 0.281. The molecule has 190 valence electrons. The third-order valence-corrected chi connectivity index (χ3v) is 8.20. The summed E-state index contributed by atoms with van der Waals surface area (Å²) in [6.45, 7) is 4.16. The minimum absolute atomic E-state index is 0.0985. The summed E-state index contributed by atoms with van der Waals surface area (Å²) in [6, 6.07) is 12.9. The van der Waals surface area contributed by atoms with Gasteiger partial charge < -0.3 is 9.47 Å². The van der Waals surface area contributed by atoms with Crippen molar-refractivity contribution in [1.29, 1.82) is 0 Å². The normalized spacial score (nSPS) is 25.6. The van der Waals surface area contributed by atoms with Gasteiger partial charge in [0.2, 0.25) is 0 Å². The maximum Gasteiger partial charge on any atom is 0.314 e. The van der Waals surface area contributed by atoms with Crippen LogP contribution < -0.4 is 9.47 Å². The molecule has 2 aromatic rings. The minimum Gasteiger partial charge on any atom is -0.488 e. The number of ether oxygens (including phenoxy) is 2. The molecule has 2 fully saturated rings. The average Bonchev–Trinajstić information content (AvgIpc) is 2.87. The Hall–Kier alpha value is -2.43. The summed E-state index contributed by atoms with van der Waals surface area (Å²) < 4.78 is 38.5. The van der Waals surface area contributed by atoms with Crippen molar-refractivity contribution in [1.82, 2.24) is 0 Å². The summed E-state index contributed by atoms with van der Waals surface area (Å²) in [4.78, 5) is 12.6. The Bertz CT molecular complexity index is 938. The molecule has 0 aliphatic heterocycles. The molecule has 0 radical (unpaired) electrons. The number of carbonyl (C=O) groups excluding carboxylic acids is 1. The lowest BCUT2D eigenvalue weighted by Crippen LogP contribution is -2.30. The van der Waals surface area contributed by atoms with Gasteiger partial charge in [0, 0.05) is 12.1 Å². The number of esters is 1. The molecule has 0 bridgehead atoms. The Morgan fingerprint density at radius 1 is 0.914 bits per heavy atom. The molecule has 1 atom stereocenters. The van der Waals surface area contributed by atoms with Crippen LogP contribution in [0.2, 0.25) is 0 Å². The van der Waals surface area contributed by atoms with Crippen molar-refractivity contribution < 1.29 is 23.0 Å². The molecule has 0 N–H and O–H groups in total. The van der Waals surface area contributed by atoms with E-state index in [9.17, 15) is 13.6 Å². The number of benzene rings is 2. The second-order valence-electron chi connectivity index (χ2n) is 10.5. The molecule has 0 unspecified atom stereocenters. The van der Waals surface area contributed by atoms with Gasteiger partial charge in [0.25, 0.3) is 0 Å². The highest BCUT2D eigenvalue weighted by Crippen LogP contribution is 2.43. The first kappa shape index (κ1) is 25.7. The molecule has 2 aromatic carbocycles. The standard InChI is InChI=1S/C30H38F2O3/c1-3-34-29-27(31)18-26(19-28(29)32)35-30(33)25-15-13-24(14-16-25)23-11-9-21(10-12-23)17-20(2)22-7-5-4-6-8-22/h4-8,18-21,23-25H,3,9-17H2,1-2H3/t20-,21?,23?,24?,25?/m0/s1. The summed E-state index contributed by atoms with van der Waals surface area (Å²) in [6.07, 6.45) is 10.1. The first-order valence-corrected chi connectivity index (χ1v) is 13.3. The summed E-state index contributed by atoms with van der Waals surface area (Å²) in [5.41, 5.74) is 1.44. The molecule has 2 aliphatic rings. The fourth-order valence-electron chi connectivity index (χ4n) is 6.22. The molecular weight excluding hydrogens is 446 g/mol. The number of rotatable bonds is 8. The Morgan fingerprint density at radius 3 is 2.06 bits per heavy atom. The lowest BCUT2D eigenvalue weighted by atomic mass is 9.68. The van der Waals surface area contributed by atoms with E-state index in [-0.39, 0.29) is 24.2 Å². The Labute approximate surface area is 208 Å². The fraction of sp³-hybridized carbons (Fsp3) is 0.567. The highest BCUT2D eigenvalue weighted by molar-refractivity contribution is 5.75. The van der Waals surface area contributed by atoms with Crippen LogP contribution in [0.4, 0.5) is 8.78 Å². The molecule has 0 saturated heterocycles. The van der Waals surface area contributed by atoms with Crippen molar-refractivity contribution >= 4 is 5.97 Å². The molecule has 3 nitrogen and oxygen atoms in total. The lowest BCUT2D eigenvalue weighted by molar-refractivity contribution is -0.140. The van der Waals surface area contributed by atoms with E-state index in [4.69, 9.17) is 9.47 Å². The van der Waals surface area contributed by atoms with Gasteiger partial charge in [-0.1, -0.05) is 50.1 Å². The van der Waals surface area contributed by atoms with E-state index in [2.05, 4.69) is 37.3 Å². The fourth-order valence-corrected chi connectivity index (χ4v) is 6.22. The second-order valence-corrected chi connectivity index (χ2v) is 10.5. The Kier molecular flexibility index (Phi) is 8.80. The summed E-state index contributed by atoms with van der Waals surface area (Å²) in [5, 5.41) is 0. The van der Waals surface area contributed by atoms with Crippen LogP contribution >= 0.6 is 0 Å². The van der Waals surface area contributed by atoms with Crippen molar-refractivity contribution in [2.45, 2.75) is 77.6 Å². The number of carbonyl (C=O) groups is 1. The highest BCUT2D eigenvalue weighted by Gasteiger charge is 2.34. The maximum atomic E-state index is 14.1. The molecule has 35 heavy (non-hydrogen) atoms. The van der Waals surface area contributed by atoms with Crippen molar-refractivity contribution in [3.8, 4) is 11.5 Å². The van der Waals surface area contributed by atoms with E-state index in [0.717, 1.165) is 49.7 Å². The van der Waals surface area contributed by atoms with Crippen LogP contribution in [0.5, 0.6) is 11.5 Å². The first-order chi connectivity index (χ1) is 16.9. The summed E-state index contributed by atoms with van der Waals surface area (Å²) in [7, 11) is 0. The zero-order valence-electron chi connectivity index (χ0n) is 21.0. The summed E-state index contributed by atoms with van der Waals surface area (Å²) >= 11 is 0. The molecule has 0 spiro atoms. The molecule has 0 heterocycles. The Balaban J connectivity index is 1.21. The van der Waals surface area contributed by atoms with E-state index in [1.54, 1.807) is 6.92 Å². The molecule has 0 aromatic heterocycles. The third kappa shape index (κ3) is 6.62. The molecule has 0 amide bonds. The van der Waals surface area contributed by atoms with E-state index in [1.807, 2.05) is 0 Å². The number of hydrogen-bond acceptors (Lipinski definition) is 3. The SMILES string of the molecule is CCOc1c(F)cc(OC(=O)C2CCC(C3CCC(C[C@H](C)c4ccccc4)CC3)CC2)cc1F. The van der Waals surface area contributed by atoms with Crippen molar-refractivity contribution in [2.75, 3.05) is 6.61 Å². The van der Waals surface area contributed by atoms with Crippen LogP contribution in [0, 0.1) is 35.3 Å². The molecule has 2 aliphatic carbocycles. The summed E-state index contributed by atoms with van der Waals surface area (Å²) in [5.74, 6) is 0.0163. The second kappa shape index (κ2) is 12.0. The topological polar surface area (TPSA) is 35.5 Å². The van der Waals surface area contributed by atoms with Gasteiger partial charge in [-0.05, 0) is 81.1 Å². The van der Waals surface area contributed by atoms with Crippen molar-refractivity contribution in [3.63, 3.8) is 0 Å². The zero-order valence-corrected chi connectivity index (χ0v) is 21.0. The zero-order chi connectivity index (χ0) is 24.8. The third-order valence-electron chi connectivity index (χ3n) is 8.20. The molecular formula is C30H38F2O3. The van der Waals surface area contributed by atoms with Crippen LogP contribution in [0.25, 0.3) is 0 Å². The van der Waals surface area contributed by atoms with Crippen LogP contribution in [0.3, 0.4) is 0 Å².